The molecule has 1 aromatic rings. The van der Waals surface area contributed by atoms with Crippen molar-refractivity contribution in [2.24, 2.45) is 5.84 Å². The lowest BCUT2D eigenvalue weighted by molar-refractivity contribution is 0.570. The third kappa shape index (κ3) is 2.23. The Labute approximate surface area is 80.7 Å². The second kappa shape index (κ2) is 4.48. The van der Waals surface area contributed by atoms with Crippen molar-refractivity contribution in [3.05, 3.63) is 21.3 Å². The van der Waals surface area contributed by atoms with Crippen molar-refractivity contribution in [2.45, 2.75) is 12.5 Å². The number of hydrazine groups is 1. The summed E-state index contributed by atoms with van der Waals surface area (Å²) in [5, 5.41) is 1.95. The first-order valence-corrected chi connectivity index (χ1v) is 4.67. The van der Waals surface area contributed by atoms with Crippen LogP contribution in [-0.4, -0.2) is 0 Å². The van der Waals surface area contributed by atoms with Crippen molar-refractivity contribution in [2.75, 3.05) is 0 Å². The normalized spacial score (nSPS) is 12.4. The molecule has 0 fully saturated rings. The van der Waals surface area contributed by atoms with Gasteiger partial charge in [0.15, 0.2) is 0 Å². The first-order chi connectivity index (χ1) is 5.77. The molecular weight excluding hydrogens is 192 g/mol. The zero-order valence-corrected chi connectivity index (χ0v) is 7.95. The van der Waals surface area contributed by atoms with Gasteiger partial charge in [-0.15, -0.1) is 23.7 Å². The second-order valence-electron chi connectivity index (χ2n) is 2.31. The molecule has 0 saturated heterocycles. The molecular formula is C8H9ClN2S. The first-order valence-electron chi connectivity index (χ1n) is 3.41. The van der Waals surface area contributed by atoms with Crippen molar-refractivity contribution in [3.8, 4) is 12.3 Å². The van der Waals surface area contributed by atoms with E-state index in [9.17, 15) is 0 Å². The predicted octanol–water partition coefficient (Wildman–Crippen LogP) is 1.93. The Balaban J connectivity index is 2.74. The third-order valence-corrected chi connectivity index (χ3v) is 2.62. The molecule has 0 aliphatic heterocycles. The zero-order chi connectivity index (χ0) is 8.97. The quantitative estimate of drug-likeness (QED) is 0.445. The Morgan fingerprint density at radius 1 is 1.83 bits per heavy atom. The molecule has 1 heterocycles. The minimum absolute atomic E-state index is 0.0127. The Hall–Kier alpha value is -0.530. The van der Waals surface area contributed by atoms with Crippen LogP contribution in [0.3, 0.4) is 0 Å². The number of rotatable bonds is 3. The lowest BCUT2D eigenvalue weighted by Gasteiger charge is -2.09. The van der Waals surface area contributed by atoms with Gasteiger partial charge in [-0.25, -0.2) is 0 Å². The van der Waals surface area contributed by atoms with Crippen LogP contribution < -0.4 is 11.3 Å². The van der Waals surface area contributed by atoms with E-state index in [0.29, 0.717) is 6.42 Å². The van der Waals surface area contributed by atoms with E-state index in [1.54, 1.807) is 0 Å². The van der Waals surface area contributed by atoms with Crippen molar-refractivity contribution in [3.63, 3.8) is 0 Å². The molecule has 0 amide bonds. The van der Waals surface area contributed by atoms with Gasteiger partial charge in [-0.05, 0) is 17.0 Å². The Morgan fingerprint density at radius 2 is 2.58 bits per heavy atom. The van der Waals surface area contributed by atoms with Crippen molar-refractivity contribution < 1.29 is 0 Å². The van der Waals surface area contributed by atoms with Crippen LogP contribution in [0.4, 0.5) is 0 Å². The number of nitrogens with one attached hydrogen (secondary N) is 1. The topological polar surface area (TPSA) is 38.0 Å². The van der Waals surface area contributed by atoms with E-state index in [-0.39, 0.29) is 6.04 Å². The van der Waals surface area contributed by atoms with Crippen LogP contribution in [0.2, 0.25) is 4.34 Å². The smallest absolute Gasteiger partial charge is 0.0931 e. The molecule has 64 valence electrons. The van der Waals surface area contributed by atoms with Gasteiger partial charge >= 0.3 is 0 Å². The number of thiophene rings is 1. The predicted molar refractivity (Wildman–Crippen MR) is 52.8 cm³/mol. The van der Waals surface area contributed by atoms with Gasteiger partial charge < -0.3 is 0 Å². The maximum atomic E-state index is 5.76. The minimum Gasteiger partial charge on any atom is -0.271 e. The summed E-state index contributed by atoms with van der Waals surface area (Å²) in [4.78, 5) is 0. The summed E-state index contributed by atoms with van der Waals surface area (Å²) in [7, 11) is 0. The SMILES string of the molecule is C#CCC(NN)c1csc(Cl)c1. The molecule has 1 unspecified atom stereocenters. The molecule has 0 spiro atoms. The maximum Gasteiger partial charge on any atom is 0.0931 e. The van der Waals surface area contributed by atoms with Gasteiger partial charge in [-0.3, -0.25) is 11.3 Å². The summed E-state index contributed by atoms with van der Waals surface area (Å²) >= 11 is 7.24. The van der Waals surface area contributed by atoms with Gasteiger partial charge in [-0.2, -0.15) is 0 Å². The molecule has 4 heteroatoms. The summed E-state index contributed by atoms with van der Waals surface area (Å²) in [5.41, 5.74) is 3.68. The molecule has 1 atom stereocenters. The summed E-state index contributed by atoms with van der Waals surface area (Å²) in [6.07, 6.45) is 5.75. The maximum absolute atomic E-state index is 5.76. The van der Waals surface area contributed by atoms with E-state index in [1.807, 2.05) is 11.4 Å². The van der Waals surface area contributed by atoms with Gasteiger partial charge in [0.25, 0.3) is 0 Å². The monoisotopic (exact) mass is 200 g/mol. The molecule has 0 aromatic carbocycles. The van der Waals surface area contributed by atoms with Crippen LogP contribution in [0.15, 0.2) is 11.4 Å². The lowest BCUT2D eigenvalue weighted by Crippen LogP contribution is -2.27. The Morgan fingerprint density at radius 3 is 3.00 bits per heavy atom. The molecule has 0 saturated carbocycles. The van der Waals surface area contributed by atoms with E-state index in [1.165, 1.54) is 11.3 Å². The highest BCUT2D eigenvalue weighted by molar-refractivity contribution is 7.14. The van der Waals surface area contributed by atoms with Crippen LogP contribution in [-0.2, 0) is 0 Å². The summed E-state index contributed by atoms with van der Waals surface area (Å²) in [6.45, 7) is 0. The average molecular weight is 201 g/mol. The van der Waals surface area contributed by atoms with E-state index in [0.717, 1.165) is 9.90 Å². The number of nitrogens with two attached hydrogens (primary N) is 1. The summed E-state index contributed by atoms with van der Waals surface area (Å²) in [5.74, 6) is 7.86. The van der Waals surface area contributed by atoms with E-state index in [4.69, 9.17) is 23.9 Å². The van der Waals surface area contributed by atoms with Crippen LogP contribution in [0.1, 0.15) is 18.0 Å². The van der Waals surface area contributed by atoms with Crippen molar-refractivity contribution in [1.29, 1.82) is 0 Å². The average Bonchev–Trinajstić information content (AvgIpc) is 2.47. The first kappa shape index (κ1) is 9.56. The third-order valence-electron chi connectivity index (χ3n) is 1.51. The van der Waals surface area contributed by atoms with Crippen molar-refractivity contribution >= 4 is 22.9 Å². The molecule has 0 aliphatic rings. The van der Waals surface area contributed by atoms with Crippen LogP contribution in [0.5, 0.6) is 0 Å². The summed E-state index contributed by atoms with van der Waals surface area (Å²) in [6, 6.07) is 1.88. The fourth-order valence-electron chi connectivity index (χ4n) is 0.897. The minimum atomic E-state index is 0.0127. The van der Waals surface area contributed by atoms with Gasteiger partial charge in [0.1, 0.15) is 0 Å². The van der Waals surface area contributed by atoms with Gasteiger partial charge in [0.05, 0.1) is 10.4 Å². The molecule has 12 heavy (non-hydrogen) atoms. The molecule has 2 nitrogen and oxygen atoms in total. The molecule has 0 aliphatic carbocycles. The van der Waals surface area contributed by atoms with Gasteiger partial charge in [-0.1, -0.05) is 11.6 Å². The highest BCUT2D eigenvalue weighted by Crippen LogP contribution is 2.25. The highest BCUT2D eigenvalue weighted by atomic mass is 35.5. The molecule has 0 radical (unpaired) electrons. The molecule has 1 rings (SSSR count). The number of halogens is 1. The zero-order valence-electron chi connectivity index (χ0n) is 6.38. The fraction of sp³-hybridized carbons (Fsp3) is 0.250. The summed E-state index contributed by atoms with van der Waals surface area (Å²) < 4.78 is 0.752. The van der Waals surface area contributed by atoms with E-state index < -0.39 is 0 Å². The van der Waals surface area contributed by atoms with Crippen LogP contribution in [0.25, 0.3) is 0 Å². The number of hydrogen-bond donors (Lipinski definition) is 2. The van der Waals surface area contributed by atoms with E-state index >= 15 is 0 Å². The Kier molecular flexibility index (Phi) is 3.57. The lowest BCUT2D eigenvalue weighted by atomic mass is 10.1. The number of hydrogen-bond acceptors (Lipinski definition) is 3. The van der Waals surface area contributed by atoms with E-state index in [2.05, 4.69) is 11.3 Å². The Bertz CT molecular complexity index is 289. The second-order valence-corrected chi connectivity index (χ2v) is 3.85. The number of terminal acetylenes is 1. The molecule has 1 aromatic heterocycles. The van der Waals surface area contributed by atoms with Crippen LogP contribution >= 0.6 is 22.9 Å². The van der Waals surface area contributed by atoms with Gasteiger partial charge in [0, 0.05) is 6.42 Å². The highest BCUT2D eigenvalue weighted by Gasteiger charge is 2.09. The largest absolute Gasteiger partial charge is 0.271 e. The molecule has 3 N–H and O–H groups in total. The standard InChI is InChI=1S/C8H9ClN2S/c1-2-3-7(11-10)6-4-8(9)12-5-6/h1,4-5,7,11H,3,10H2. The molecule has 0 bridgehead atoms. The fourth-order valence-corrected chi connectivity index (χ4v) is 1.84. The van der Waals surface area contributed by atoms with Crippen LogP contribution in [0, 0.1) is 12.3 Å². The van der Waals surface area contributed by atoms with Crippen molar-refractivity contribution in [1.82, 2.24) is 5.43 Å². The van der Waals surface area contributed by atoms with Gasteiger partial charge in [0.2, 0.25) is 0 Å².